The standard InChI is InChI=1S/C19H14F4O4/c1-2-27-18(26)14-10-13(11(7-8-24)9-16(14)20)17(25)12-5-3-4-6-15(12)19(21,22)23/h3-6,8-10H,2,7H2,1H3. The van der Waals surface area contributed by atoms with Crippen molar-refractivity contribution in [2.45, 2.75) is 19.5 Å². The van der Waals surface area contributed by atoms with Gasteiger partial charge in [-0.2, -0.15) is 13.2 Å². The largest absolute Gasteiger partial charge is 0.462 e. The van der Waals surface area contributed by atoms with E-state index in [0.29, 0.717) is 6.29 Å². The van der Waals surface area contributed by atoms with Crippen molar-refractivity contribution < 1.29 is 36.7 Å². The first-order chi connectivity index (χ1) is 12.7. The Morgan fingerprint density at radius 2 is 1.74 bits per heavy atom. The van der Waals surface area contributed by atoms with E-state index in [1.165, 1.54) is 13.0 Å². The highest BCUT2D eigenvalue weighted by molar-refractivity contribution is 6.12. The lowest BCUT2D eigenvalue weighted by atomic mass is 9.92. The second-order valence-electron chi connectivity index (χ2n) is 5.45. The number of esters is 1. The first kappa shape index (κ1) is 20.3. The molecule has 0 unspecified atom stereocenters. The summed E-state index contributed by atoms with van der Waals surface area (Å²) in [6, 6.07) is 5.69. The van der Waals surface area contributed by atoms with Gasteiger partial charge in [-0.25, -0.2) is 9.18 Å². The summed E-state index contributed by atoms with van der Waals surface area (Å²) in [6.45, 7) is 1.43. The lowest BCUT2D eigenvalue weighted by Gasteiger charge is -2.14. The van der Waals surface area contributed by atoms with E-state index >= 15 is 0 Å². The van der Waals surface area contributed by atoms with Crippen LogP contribution in [0.3, 0.4) is 0 Å². The lowest BCUT2D eigenvalue weighted by molar-refractivity contribution is -0.137. The summed E-state index contributed by atoms with van der Waals surface area (Å²) in [5.74, 6) is -3.18. The molecule has 0 aliphatic carbocycles. The van der Waals surface area contributed by atoms with Gasteiger partial charge >= 0.3 is 12.1 Å². The van der Waals surface area contributed by atoms with Gasteiger partial charge in [0.1, 0.15) is 12.1 Å². The maximum atomic E-state index is 14.2. The number of carbonyl (C=O) groups excluding carboxylic acids is 3. The number of hydrogen-bond acceptors (Lipinski definition) is 4. The molecule has 0 amide bonds. The number of ketones is 1. The Kier molecular flexibility index (Phi) is 6.09. The van der Waals surface area contributed by atoms with E-state index in [0.717, 1.165) is 30.3 Å². The number of carbonyl (C=O) groups is 3. The second kappa shape index (κ2) is 8.11. The third-order valence-corrected chi connectivity index (χ3v) is 3.71. The number of benzene rings is 2. The van der Waals surface area contributed by atoms with Gasteiger partial charge in [0.05, 0.1) is 17.7 Å². The van der Waals surface area contributed by atoms with Crippen LogP contribution in [0.5, 0.6) is 0 Å². The van der Waals surface area contributed by atoms with Crippen molar-refractivity contribution in [1.82, 2.24) is 0 Å². The minimum atomic E-state index is -4.79. The van der Waals surface area contributed by atoms with E-state index in [4.69, 9.17) is 0 Å². The van der Waals surface area contributed by atoms with E-state index in [2.05, 4.69) is 4.74 Å². The van der Waals surface area contributed by atoms with E-state index in [-0.39, 0.29) is 17.7 Å². The molecule has 8 heteroatoms. The average Bonchev–Trinajstić information content (AvgIpc) is 2.61. The Balaban J connectivity index is 2.66. The maximum absolute atomic E-state index is 14.2. The second-order valence-corrected chi connectivity index (χ2v) is 5.45. The number of aldehydes is 1. The topological polar surface area (TPSA) is 60.4 Å². The number of ether oxygens (including phenoxy) is 1. The molecule has 2 aromatic rings. The Labute approximate surface area is 151 Å². The molecule has 27 heavy (non-hydrogen) atoms. The molecule has 0 radical (unpaired) electrons. The molecule has 0 aromatic heterocycles. The number of alkyl halides is 3. The van der Waals surface area contributed by atoms with E-state index in [1.54, 1.807) is 0 Å². The molecule has 0 fully saturated rings. The summed E-state index contributed by atoms with van der Waals surface area (Å²) in [6.07, 6.45) is -4.82. The van der Waals surface area contributed by atoms with E-state index < -0.39 is 46.9 Å². The molecule has 0 bridgehead atoms. The zero-order valence-electron chi connectivity index (χ0n) is 14.1. The third kappa shape index (κ3) is 4.39. The van der Waals surface area contributed by atoms with Crippen LogP contribution in [0.4, 0.5) is 17.6 Å². The van der Waals surface area contributed by atoms with Gasteiger partial charge in [-0.3, -0.25) is 4.79 Å². The summed E-state index contributed by atoms with van der Waals surface area (Å²) < 4.78 is 58.4. The fourth-order valence-corrected chi connectivity index (χ4v) is 2.52. The van der Waals surface area contributed by atoms with Crippen LogP contribution in [0.15, 0.2) is 36.4 Å². The Morgan fingerprint density at radius 1 is 1.07 bits per heavy atom. The minimum Gasteiger partial charge on any atom is -0.462 e. The summed E-state index contributed by atoms with van der Waals surface area (Å²) in [5, 5.41) is 0. The van der Waals surface area contributed by atoms with Crippen molar-refractivity contribution in [2.24, 2.45) is 0 Å². The monoisotopic (exact) mass is 382 g/mol. The fraction of sp³-hybridized carbons (Fsp3) is 0.211. The Bertz CT molecular complexity index is 888. The van der Waals surface area contributed by atoms with Crippen molar-refractivity contribution in [2.75, 3.05) is 6.61 Å². The molecule has 2 aromatic carbocycles. The molecule has 0 atom stereocenters. The normalized spacial score (nSPS) is 11.1. The zero-order valence-corrected chi connectivity index (χ0v) is 14.1. The molecule has 0 saturated carbocycles. The van der Waals surface area contributed by atoms with Crippen molar-refractivity contribution in [3.8, 4) is 0 Å². The maximum Gasteiger partial charge on any atom is 0.417 e. The highest BCUT2D eigenvalue weighted by atomic mass is 19.4. The van der Waals surface area contributed by atoms with Crippen LogP contribution in [0.2, 0.25) is 0 Å². The molecule has 0 aliphatic heterocycles. The summed E-state index contributed by atoms with van der Waals surface area (Å²) in [7, 11) is 0. The first-order valence-electron chi connectivity index (χ1n) is 7.84. The van der Waals surface area contributed by atoms with Crippen LogP contribution < -0.4 is 0 Å². The Hall–Kier alpha value is -3.03. The van der Waals surface area contributed by atoms with Crippen molar-refractivity contribution in [3.63, 3.8) is 0 Å². The molecular formula is C19H14F4O4. The van der Waals surface area contributed by atoms with Crippen LogP contribution in [0.25, 0.3) is 0 Å². The molecular weight excluding hydrogens is 368 g/mol. The average molecular weight is 382 g/mol. The predicted molar refractivity (Wildman–Crippen MR) is 87.0 cm³/mol. The quantitative estimate of drug-likeness (QED) is 0.328. The molecule has 0 spiro atoms. The van der Waals surface area contributed by atoms with Crippen molar-refractivity contribution in [3.05, 3.63) is 70.0 Å². The molecule has 2 rings (SSSR count). The fourth-order valence-electron chi connectivity index (χ4n) is 2.52. The van der Waals surface area contributed by atoms with Crippen LogP contribution in [0.1, 0.15) is 44.3 Å². The van der Waals surface area contributed by atoms with Crippen molar-refractivity contribution >= 4 is 18.0 Å². The molecule has 142 valence electrons. The van der Waals surface area contributed by atoms with Crippen molar-refractivity contribution in [1.29, 1.82) is 0 Å². The van der Waals surface area contributed by atoms with Crippen LogP contribution in [-0.4, -0.2) is 24.6 Å². The smallest absolute Gasteiger partial charge is 0.417 e. The summed E-state index contributed by atoms with van der Waals surface area (Å²) >= 11 is 0. The highest BCUT2D eigenvalue weighted by Crippen LogP contribution is 2.33. The number of halogens is 4. The van der Waals surface area contributed by atoms with Gasteiger partial charge in [-0.05, 0) is 30.7 Å². The van der Waals surface area contributed by atoms with Gasteiger partial charge < -0.3 is 9.53 Å². The molecule has 0 saturated heterocycles. The van der Waals surface area contributed by atoms with Gasteiger partial charge in [0.25, 0.3) is 0 Å². The number of hydrogen-bond donors (Lipinski definition) is 0. The van der Waals surface area contributed by atoms with Crippen LogP contribution in [0, 0.1) is 5.82 Å². The predicted octanol–water partition coefficient (Wildman–Crippen LogP) is 3.99. The third-order valence-electron chi connectivity index (χ3n) is 3.71. The summed E-state index contributed by atoms with van der Waals surface area (Å²) in [4.78, 5) is 35.5. The first-order valence-corrected chi connectivity index (χ1v) is 7.84. The SMILES string of the molecule is CCOC(=O)c1cc(C(=O)c2ccccc2C(F)(F)F)c(CC=O)cc1F. The van der Waals surface area contributed by atoms with Gasteiger partial charge in [-0.1, -0.05) is 18.2 Å². The molecule has 0 heterocycles. The number of rotatable bonds is 6. The van der Waals surface area contributed by atoms with Gasteiger partial charge in [-0.15, -0.1) is 0 Å². The van der Waals surface area contributed by atoms with Gasteiger partial charge in [0, 0.05) is 17.5 Å². The van der Waals surface area contributed by atoms with E-state index in [9.17, 15) is 31.9 Å². The van der Waals surface area contributed by atoms with E-state index in [1.807, 2.05) is 0 Å². The zero-order chi connectivity index (χ0) is 20.2. The Morgan fingerprint density at radius 3 is 2.33 bits per heavy atom. The van der Waals surface area contributed by atoms with Crippen LogP contribution in [-0.2, 0) is 22.1 Å². The molecule has 0 N–H and O–H groups in total. The minimum absolute atomic E-state index is 0.0610. The lowest BCUT2D eigenvalue weighted by Crippen LogP contribution is -2.17. The molecule has 0 aliphatic rings. The van der Waals surface area contributed by atoms with Crippen LogP contribution >= 0.6 is 0 Å². The van der Waals surface area contributed by atoms with Gasteiger partial charge in [0.15, 0.2) is 5.78 Å². The molecule has 4 nitrogen and oxygen atoms in total. The van der Waals surface area contributed by atoms with Gasteiger partial charge in [0.2, 0.25) is 0 Å². The summed E-state index contributed by atoms with van der Waals surface area (Å²) in [5.41, 5.74) is -2.94. The highest BCUT2D eigenvalue weighted by Gasteiger charge is 2.35.